The quantitative estimate of drug-likeness (QED) is 0.468. The molecule has 0 amide bonds. The summed E-state index contributed by atoms with van der Waals surface area (Å²) in [6, 6.07) is 0. The Labute approximate surface area is 48.3 Å². The van der Waals surface area contributed by atoms with Gasteiger partial charge in [0, 0.05) is 19.0 Å². The summed E-state index contributed by atoms with van der Waals surface area (Å²) in [4.78, 5) is 9.33. The second-order valence-corrected chi connectivity index (χ2v) is 0.846. The Morgan fingerprint density at radius 2 is 2.00 bits per heavy atom. The fraction of sp³-hybridized carbons (Fsp3) is 0.400. The molecular weight excluding hydrogens is 108 g/mol. The number of rotatable bonds is 2. The lowest BCUT2D eigenvalue weighted by molar-refractivity contribution is -0.306. The monoisotopic (exact) mass is 117 g/mol. The molecule has 0 aromatic rings. The number of aliphatic hydroxyl groups excluding tert-OH is 1. The van der Waals surface area contributed by atoms with Crippen LogP contribution in [-0.2, 0) is 4.79 Å². The summed E-state index contributed by atoms with van der Waals surface area (Å²) in [7, 11) is 0. The van der Waals surface area contributed by atoms with Gasteiger partial charge in [-0.15, -0.1) is 13.2 Å². The van der Waals surface area contributed by atoms with Gasteiger partial charge in [-0.3, -0.25) is 0 Å². The number of hydrogen-bond acceptors (Lipinski definition) is 3. The smallest absolute Gasteiger partial charge is 0.0483 e. The number of carboxylic acid groups (broad SMARTS) is 1. The maximum absolute atomic E-state index is 9.33. The molecule has 0 bridgehead atoms. The standard InChI is InChI=1S/C3H6O3.C2H4/c4-2-1-3(5)6;1-2/h4H,1-2H2,(H,5,6);1-2H2/p-1. The van der Waals surface area contributed by atoms with E-state index in [1.54, 1.807) is 0 Å². The Morgan fingerprint density at radius 1 is 1.62 bits per heavy atom. The first-order valence-corrected chi connectivity index (χ1v) is 2.08. The van der Waals surface area contributed by atoms with E-state index in [0.29, 0.717) is 0 Å². The van der Waals surface area contributed by atoms with Crippen molar-refractivity contribution >= 4 is 5.97 Å². The molecule has 0 heterocycles. The minimum absolute atomic E-state index is 0.264. The summed E-state index contributed by atoms with van der Waals surface area (Å²) >= 11 is 0. The third-order valence-electron chi connectivity index (χ3n) is 0.316. The predicted octanol–water partition coefficient (Wildman–Crippen LogP) is -1.08. The lowest BCUT2D eigenvalue weighted by Crippen LogP contribution is -2.22. The van der Waals surface area contributed by atoms with E-state index in [9.17, 15) is 9.90 Å². The van der Waals surface area contributed by atoms with Crippen molar-refractivity contribution in [2.45, 2.75) is 6.42 Å². The number of hydrogen-bond donors (Lipinski definition) is 1. The zero-order valence-electron chi connectivity index (χ0n) is 4.59. The van der Waals surface area contributed by atoms with E-state index in [1.165, 1.54) is 0 Å². The summed E-state index contributed by atoms with van der Waals surface area (Å²) in [5.41, 5.74) is 0. The van der Waals surface area contributed by atoms with Crippen LogP contribution in [0.4, 0.5) is 0 Å². The number of carboxylic acids is 1. The van der Waals surface area contributed by atoms with E-state index in [0.717, 1.165) is 0 Å². The molecule has 0 aromatic carbocycles. The average Bonchev–Trinajstić information content (AvgIpc) is 1.72. The molecule has 0 radical (unpaired) electrons. The molecule has 0 aromatic heterocycles. The molecule has 0 unspecified atom stereocenters. The van der Waals surface area contributed by atoms with Gasteiger partial charge >= 0.3 is 0 Å². The van der Waals surface area contributed by atoms with E-state index in [2.05, 4.69) is 13.2 Å². The fourth-order valence-electron chi connectivity index (χ4n) is 0.0913. The highest BCUT2D eigenvalue weighted by Gasteiger charge is 1.76. The Morgan fingerprint density at radius 3 is 2.00 bits per heavy atom. The van der Waals surface area contributed by atoms with Crippen molar-refractivity contribution < 1.29 is 15.0 Å². The molecule has 0 aliphatic carbocycles. The van der Waals surface area contributed by atoms with E-state index < -0.39 is 5.97 Å². The molecule has 8 heavy (non-hydrogen) atoms. The fourth-order valence-corrected chi connectivity index (χ4v) is 0.0913. The predicted molar refractivity (Wildman–Crippen MR) is 28.0 cm³/mol. The third kappa shape index (κ3) is 19.1. The first kappa shape index (κ1) is 10.2. The van der Waals surface area contributed by atoms with Gasteiger partial charge in [-0.1, -0.05) is 0 Å². The highest BCUT2D eigenvalue weighted by molar-refractivity contribution is 5.64. The molecule has 1 N–H and O–H groups in total. The molecule has 0 fully saturated rings. The second-order valence-electron chi connectivity index (χ2n) is 0.846. The van der Waals surface area contributed by atoms with Gasteiger partial charge in [0.05, 0.1) is 0 Å². The molecule has 0 rings (SSSR count). The van der Waals surface area contributed by atoms with Crippen LogP contribution in [0.5, 0.6) is 0 Å². The normalized spacial score (nSPS) is 6.62. The third-order valence-corrected chi connectivity index (χ3v) is 0.316. The zero-order chi connectivity index (χ0) is 6.99. The summed E-state index contributed by atoms with van der Waals surface area (Å²) in [5, 5.41) is 17.1. The molecule has 0 saturated heterocycles. The van der Waals surface area contributed by atoms with Gasteiger partial charge in [0.15, 0.2) is 0 Å². The van der Waals surface area contributed by atoms with Gasteiger partial charge in [-0.2, -0.15) is 0 Å². The topological polar surface area (TPSA) is 60.4 Å². The summed E-state index contributed by atoms with van der Waals surface area (Å²) in [6.45, 7) is 5.67. The molecule has 0 saturated carbocycles. The van der Waals surface area contributed by atoms with E-state index in [4.69, 9.17) is 5.11 Å². The van der Waals surface area contributed by atoms with Crippen LogP contribution in [0.1, 0.15) is 6.42 Å². The van der Waals surface area contributed by atoms with Crippen LogP contribution in [0, 0.1) is 0 Å². The number of carbonyl (C=O) groups is 1. The molecule has 48 valence electrons. The molecular formula is C5H9O3-. The van der Waals surface area contributed by atoms with Crippen LogP contribution < -0.4 is 5.11 Å². The number of aliphatic carboxylic acids is 1. The van der Waals surface area contributed by atoms with Crippen molar-refractivity contribution in [3.8, 4) is 0 Å². The highest BCUT2D eigenvalue weighted by atomic mass is 16.4. The van der Waals surface area contributed by atoms with Crippen molar-refractivity contribution in [3.05, 3.63) is 13.2 Å². The van der Waals surface area contributed by atoms with Gasteiger partial charge < -0.3 is 15.0 Å². The number of carbonyl (C=O) groups excluding carboxylic acids is 1. The van der Waals surface area contributed by atoms with Crippen molar-refractivity contribution in [2.24, 2.45) is 0 Å². The minimum atomic E-state index is -1.21. The van der Waals surface area contributed by atoms with E-state index >= 15 is 0 Å². The van der Waals surface area contributed by atoms with Gasteiger partial charge in [-0.05, 0) is 0 Å². The molecule has 3 heteroatoms. The van der Waals surface area contributed by atoms with Crippen LogP contribution >= 0.6 is 0 Å². The van der Waals surface area contributed by atoms with Crippen LogP contribution in [0.25, 0.3) is 0 Å². The van der Waals surface area contributed by atoms with Gasteiger partial charge in [-0.25, -0.2) is 0 Å². The maximum Gasteiger partial charge on any atom is 0.0483 e. The Balaban J connectivity index is 0. The van der Waals surface area contributed by atoms with E-state index in [-0.39, 0.29) is 13.0 Å². The molecule has 3 nitrogen and oxygen atoms in total. The summed E-state index contributed by atoms with van der Waals surface area (Å²) in [6.07, 6.45) is -0.264. The lowest BCUT2D eigenvalue weighted by Gasteiger charge is -1.91. The Kier molecular flexibility index (Phi) is 12.1. The summed E-state index contributed by atoms with van der Waals surface area (Å²) < 4.78 is 0. The highest BCUT2D eigenvalue weighted by Crippen LogP contribution is 1.65. The largest absolute Gasteiger partial charge is 0.550 e. The van der Waals surface area contributed by atoms with Crippen molar-refractivity contribution in [1.29, 1.82) is 0 Å². The van der Waals surface area contributed by atoms with Crippen LogP contribution in [0.2, 0.25) is 0 Å². The molecule has 0 atom stereocenters. The van der Waals surface area contributed by atoms with Gasteiger partial charge in [0.2, 0.25) is 0 Å². The maximum atomic E-state index is 9.33. The SMILES string of the molecule is C=C.O=C([O-])CCO. The Bertz CT molecular complexity index is 60.7. The number of aliphatic hydroxyl groups is 1. The lowest BCUT2D eigenvalue weighted by atomic mass is 10.5. The van der Waals surface area contributed by atoms with Crippen molar-refractivity contribution in [2.75, 3.05) is 6.61 Å². The molecule has 0 aliphatic heterocycles. The first-order valence-electron chi connectivity index (χ1n) is 2.08. The minimum Gasteiger partial charge on any atom is -0.550 e. The first-order chi connectivity index (χ1) is 3.77. The van der Waals surface area contributed by atoms with E-state index in [1.807, 2.05) is 0 Å². The molecule has 0 spiro atoms. The summed E-state index contributed by atoms with van der Waals surface area (Å²) in [5.74, 6) is -1.21. The van der Waals surface area contributed by atoms with Crippen LogP contribution in [0.3, 0.4) is 0 Å². The Hall–Kier alpha value is -0.830. The zero-order valence-corrected chi connectivity index (χ0v) is 4.59. The average molecular weight is 117 g/mol. The van der Waals surface area contributed by atoms with Crippen molar-refractivity contribution in [3.63, 3.8) is 0 Å². The second kappa shape index (κ2) is 9.48. The molecule has 0 aliphatic rings. The van der Waals surface area contributed by atoms with Gasteiger partial charge in [0.25, 0.3) is 0 Å². The van der Waals surface area contributed by atoms with Crippen LogP contribution in [-0.4, -0.2) is 17.7 Å². The van der Waals surface area contributed by atoms with Crippen molar-refractivity contribution in [1.82, 2.24) is 0 Å². The van der Waals surface area contributed by atoms with Gasteiger partial charge in [0.1, 0.15) is 0 Å². The van der Waals surface area contributed by atoms with Crippen LogP contribution in [0.15, 0.2) is 13.2 Å².